The monoisotopic (exact) mass is 760 g/mol. The van der Waals surface area contributed by atoms with E-state index in [1.807, 2.05) is 22.4 Å². The van der Waals surface area contributed by atoms with Crippen molar-refractivity contribution in [2.24, 2.45) is 4.99 Å². The quantitative estimate of drug-likeness (QED) is 0.207. The van der Waals surface area contributed by atoms with E-state index in [9.17, 15) is 18.8 Å². The Balaban J connectivity index is 1.09. The third kappa shape index (κ3) is 6.71. The number of aromatic nitrogens is 1. The fourth-order valence-electron chi connectivity index (χ4n) is 6.32. The number of fused-ring (bicyclic) bond motifs is 1. The van der Waals surface area contributed by atoms with Gasteiger partial charge in [0.2, 0.25) is 0 Å². The molecule has 50 heavy (non-hydrogen) atoms. The molecule has 0 saturated carbocycles. The molecule has 256 valence electrons. The van der Waals surface area contributed by atoms with Crippen LogP contribution in [-0.4, -0.2) is 89.6 Å². The smallest absolute Gasteiger partial charge is 0.338 e. The summed E-state index contributed by atoms with van der Waals surface area (Å²) in [6.07, 6.45) is 1.68. The molecule has 3 aliphatic heterocycles. The number of nitrogens with zero attached hydrogens (tertiary/aromatic N) is 5. The number of piperazine rings is 1. The van der Waals surface area contributed by atoms with Crippen LogP contribution < -0.4 is 15.0 Å². The number of amides is 2. The zero-order chi connectivity index (χ0) is 34.9. The first kappa shape index (κ1) is 33.4. The van der Waals surface area contributed by atoms with Crippen molar-refractivity contribution in [3.63, 3.8) is 0 Å². The van der Waals surface area contributed by atoms with Crippen molar-refractivity contribution in [2.75, 3.05) is 44.7 Å². The van der Waals surface area contributed by atoms with Gasteiger partial charge in [-0.1, -0.05) is 22.0 Å². The van der Waals surface area contributed by atoms with Gasteiger partial charge in [0.25, 0.3) is 0 Å². The Labute approximate surface area is 298 Å². The van der Waals surface area contributed by atoms with E-state index in [4.69, 9.17) is 19.6 Å². The summed E-state index contributed by atoms with van der Waals surface area (Å²) in [5.41, 5.74) is 2.41. The summed E-state index contributed by atoms with van der Waals surface area (Å²) < 4.78 is 25.6. The van der Waals surface area contributed by atoms with Gasteiger partial charge in [-0.05, 0) is 66.2 Å². The zero-order valence-electron chi connectivity index (χ0n) is 26.6. The number of carboxylic acid groups (broad SMARTS) is 1. The molecule has 0 radical (unpaired) electrons. The average molecular weight is 762 g/mol. The highest BCUT2D eigenvalue weighted by molar-refractivity contribution is 9.10. The van der Waals surface area contributed by atoms with Crippen LogP contribution in [0.3, 0.4) is 0 Å². The molecular weight excluding hydrogens is 731 g/mol. The number of hydrogen-bond acceptors (Lipinski definition) is 10. The van der Waals surface area contributed by atoms with Crippen molar-refractivity contribution in [3.8, 4) is 11.5 Å². The van der Waals surface area contributed by atoms with Crippen LogP contribution in [0.15, 0.2) is 99.0 Å². The zero-order valence-corrected chi connectivity index (χ0v) is 29.0. The summed E-state index contributed by atoms with van der Waals surface area (Å²) in [5.74, 6) is -0.445. The molecule has 2 atom stereocenters. The van der Waals surface area contributed by atoms with E-state index < -0.39 is 23.8 Å². The first-order valence-electron chi connectivity index (χ1n) is 15.6. The number of hydrogen-bond donors (Lipinski definition) is 2. The highest BCUT2D eigenvalue weighted by Gasteiger charge is 2.42. The number of urea groups is 1. The van der Waals surface area contributed by atoms with Crippen molar-refractivity contribution in [1.29, 1.82) is 0 Å². The van der Waals surface area contributed by atoms with Crippen molar-refractivity contribution in [3.05, 3.63) is 116 Å². The second-order valence-electron chi connectivity index (χ2n) is 11.8. The Morgan fingerprint density at radius 1 is 1.06 bits per heavy atom. The molecule has 4 aromatic rings. The first-order chi connectivity index (χ1) is 24.2. The molecule has 4 heterocycles. The predicted molar refractivity (Wildman–Crippen MR) is 187 cm³/mol. The lowest BCUT2D eigenvalue weighted by Crippen LogP contribution is -2.53. The van der Waals surface area contributed by atoms with Crippen LogP contribution in [0, 0.1) is 5.82 Å². The highest BCUT2D eigenvalue weighted by Crippen LogP contribution is 2.37. The summed E-state index contributed by atoms with van der Waals surface area (Å²) in [5, 5.41) is 14.9. The number of carboxylic acids is 1. The third-order valence-corrected chi connectivity index (χ3v) is 10.2. The summed E-state index contributed by atoms with van der Waals surface area (Å²) >= 11 is 4.86. The molecular formula is C35H30BrFN6O6S. The van der Waals surface area contributed by atoms with E-state index in [0.717, 1.165) is 5.69 Å². The van der Waals surface area contributed by atoms with E-state index in [0.29, 0.717) is 76.4 Å². The Hall–Kier alpha value is -5.12. The molecule has 2 saturated heterocycles. The lowest BCUT2D eigenvalue weighted by molar-refractivity contribution is -0.136. The number of aliphatic imine (C=N–C) groups is 1. The molecule has 3 aromatic carbocycles. The lowest BCUT2D eigenvalue weighted by Gasteiger charge is -2.38. The highest BCUT2D eigenvalue weighted by atomic mass is 79.9. The number of amidine groups is 1. The summed E-state index contributed by atoms with van der Waals surface area (Å²) in [6, 6.07) is 16.6. The van der Waals surface area contributed by atoms with Crippen molar-refractivity contribution in [1.82, 2.24) is 20.1 Å². The second kappa shape index (κ2) is 14.0. The van der Waals surface area contributed by atoms with Gasteiger partial charge < -0.3 is 24.8 Å². The van der Waals surface area contributed by atoms with Gasteiger partial charge in [0.1, 0.15) is 23.4 Å². The number of anilines is 1. The van der Waals surface area contributed by atoms with Gasteiger partial charge in [0.15, 0.2) is 10.8 Å². The van der Waals surface area contributed by atoms with Gasteiger partial charge in [-0.2, -0.15) is 0 Å². The van der Waals surface area contributed by atoms with Crippen molar-refractivity contribution >= 4 is 56.8 Å². The predicted octanol–water partition coefficient (Wildman–Crippen LogP) is 5.68. The van der Waals surface area contributed by atoms with E-state index in [2.05, 4.69) is 31.1 Å². The van der Waals surface area contributed by atoms with E-state index >= 15 is 0 Å². The molecule has 2 fully saturated rings. The summed E-state index contributed by atoms with van der Waals surface area (Å²) in [6.45, 7) is 2.44. The van der Waals surface area contributed by atoms with Gasteiger partial charge in [-0.3, -0.25) is 14.8 Å². The lowest BCUT2D eigenvalue weighted by atomic mass is 9.95. The Bertz CT molecular complexity index is 2010. The van der Waals surface area contributed by atoms with E-state index in [-0.39, 0.29) is 17.6 Å². The van der Waals surface area contributed by atoms with Crippen LogP contribution in [0.1, 0.15) is 27.0 Å². The van der Waals surface area contributed by atoms with Crippen LogP contribution in [0.25, 0.3) is 0 Å². The molecule has 2 unspecified atom stereocenters. The van der Waals surface area contributed by atoms with Gasteiger partial charge in [0, 0.05) is 60.2 Å². The largest absolute Gasteiger partial charge is 0.478 e. The number of methoxy groups -OCH3 is 1. The number of nitrogens with one attached hydrogen (secondary N) is 1. The number of aromatic carboxylic acids is 1. The minimum absolute atomic E-state index is 0.0859. The maximum atomic E-state index is 14.1. The maximum Gasteiger partial charge on any atom is 0.338 e. The second-order valence-corrected chi connectivity index (χ2v) is 13.5. The number of ether oxygens (including phenoxy) is 2. The number of thiazole rings is 1. The van der Waals surface area contributed by atoms with Crippen molar-refractivity contribution in [2.45, 2.75) is 12.1 Å². The standard InChI is InChI=1S/C35H30BrFN6O6S/c1-48-34(46)29-28(39-31(32-38-12-15-50-32)40-30(29)26-11-4-21(37)16-27(26)36)19-41-13-14-42-23(17-41)18-43(35(42)47)22-5-9-25(10-6-22)49-24-7-2-20(3-8-24)33(44)45/h2-12,15-16,23,30H,13-14,17-19H2,1H3,(H,39,40)(H,44,45). The third-order valence-electron chi connectivity index (χ3n) is 8.73. The molecule has 3 aliphatic rings. The number of esters is 1. The normalized spacial score (nSPS) is 19.2. The van der Waals surface area contributed by atoms with Gasteiger partial charge in [-0.25, -0.2) is 23.8 Å². The van der Waals surface area contributed by atoms with Gasteiger partial charge in [-0.15, -0.1) is 11.3 Å². The topological polar surface area (TPSA) is 137 Å². The number of carbonyl (C=O) groups is 3. The Kier molecular flexibility index (Phi) is 9.35. The fraction of sp³-hybridized carbons (Fsp3) is 0.229. The first-order valence-corrected chi connectivity index (χ1v) is 17.3. The Morgan fingerprint density at radius 3 is 2.46 bits per heavy atom. The molecule has 0 bridgehead atoms. The van der Waals surface area contributed by atoms with Crippen LogP contribution in [-0.2, 0) is 9.53 Å². The van der Waals surface area contributed by atoms with E-state index in [1.54, 1.807) is 41.4 Å². The molecule has 15 heteroatoms. The molecule has 2 amide bonds. The van der Waals surface area contributed by atoms with E-state index in [1.165, 1.54) is 42.7 Å². The number of rotatable bonds is 9. The molecule has 2 N–H and O–H groups in total. The molecule has 12 nitrogen and oxygen atoms in total. The number of carbonyl (C=O) groups excluding carboxylic acids is 2. The SMILES string of the molecule is COC(=O)C1=C(CN2CCN3C(=O)N(c4ccc(Oc5ccc(C(=O)O)cc5)cc4)CC3C2)NC(c2nccs2)=NC1c1ccc(F)cc1Br. The van der Waals surface area contributed by atoms with Gasteiger partial charge >= 0.3 is 18.0 Å². The van der Waals surface area contributed by atoms with Gasteiger partial charge in [0.05, 0.1) is 24.3 Å². The van der Waals surface area contributed by atoms with Crippen LogP contribution in [0.2, 0.25) is 0 Å². The minimum atomic E-state index is -1.01. The van der Waals surface area contributed by atoms with Crippen LogP contribution in [0.4, 0.5) is 14.9 Å². The summed E-state index contributed by atoms with van der Waals surface area (Å²) in [7, 11) is 1.32. The molecule has 7 rings (SSSR count). The summed E-state index contributed by atoms with van der Waals surface area (Å²) in [4.78, 5) is 53.1. The molecule has 0 spiro atoms. The Morgan fingerprint density at radius 2 is 1.80 bits per heavy atom. The minimum Gasteiger partial charge on any atom is -0.478 e. The average Bonchev–Trinajstić information content (AvgIpc) is 3.77. The van der Waals surface area contributed by atoms with Crippen LogP contribution >= 0.6 is 27.3 Å². The fourth-order valence-corrected chi connectivity index (χ4v) is 7.47. The van der Waals surface area contributed by atoms with Crippen LogP contribution in [0.5, 0.6) is 11.5 Å². The van der Waals surface area contributed by atoms with Crippen molar-refractivity contribution < 1.29 is 33.4 Å². The molecule has 1 aromatic heterocycles. The number of benzene rings is 3. The molecule has 0 aliphatic carbocycles. The number of halogens is 2. The maximum absolute atomic E-state index is 14.1.